The fraction of sp³-hybridized carbons (Fsp3) is 0.450. The minimum atomic E-state index is -3.39. The van der Waals surface area contributed by atoms with Gasteiger partial charge in [0.1, 0.15) is 5.82 Å². The number of carbonyl (C=O) groups is 1. The van der Waals surface area contributed by atoms with E-state index >= 15 is 0 Å². The van der Waals surface area contributed by atoms with E-state index in [-0.39, 0.29) is 28.6 Å². The number of aromatic nitrogens is 2. The van der Waals surface area contributed by atoms with Crippen molar-refractivity contribution < 1.29 is 18.3 Å². The van der Waals surface area contributed by atoms with Crippen molar-refractivity contribution in [3.05, 3.63) is 35.7 Å². The van der Waals surface area contributed by atoms with Gasteiger partial charge in [-0.1, -0.05) is 13.0 Å². The number of aliphatic hydroxyl groups is 1. The molecule has 0 saturated heterocycles. The Bertz CT molecular complexity index is 1030. The number of aliphatic hydroxyl groups excluding tert-OH is 1. The Morgan fingerprint density at radius 3 is 2.50 bits per heavy atom. The number of primary amides is 1. The summed E-state index contributed by atoms with van der Waals surface area (Å²) in [6, 6.07) is 6.37. The maximum atomic E-state index is 12.0. The number of hydrogen-bond donors (Lipinski definition) is 4. The Hall–Kier alpha value is -2.72. The molecule has 5 N–H and O–H groups in total. The highest BCUT2D eigenvalue weighted by atomic mass is 32.2. The predicted octanol–water partition coefficient (Wildman–Crippen LogP) is 2.00. The lowest BCUT2D eigenvalue weighted by Crippen LogP contribution is -2.29. The molecule has 162 valence electrons. The third-order valence-electron chi connectivity index (χ3n) is 5.10. The Kier molecular flexibility index (Phi) is 6.57. The third-order valence-corrected chi connectivity index (χ3v) is 6.21. The molecule has 0 unspecified atom stereocenters. The molecule has 0 bridgehead atoms. The number of nitrogens with zero attached hydrogens (tertiary/aromatic N) is 2. The number of nitrogens with one attached hydrogen (secondary N) is 2. The molecule has 30 heavy (non-hydrogen) atoms. The van der Waals surface area contributed by atoms with Crippen molar-refractivity contribution in [3.63, 3.8) is 0 Å². The van der Waals surface area contributed by atoms with E-state index in [1.54, 1.807) is 12.1 Å². The second-order valence-corrected chi connectivity index (χ2v) is 9.52. The van der Waals surface area contributed by atoms with Crippen molar-refractivity contribution in [2.24, 2.45) is 5.73 Å². The first kappa shape index (κ1) is 22.0. The van der Waals surface area contributed by atoms with Gasteiger partial charge in [0.25, 0.3) is 5.91 Å². The first-order valence-electron chi connectivity index (χ1n) is 9.89. The van der Waals surface area contributed by atoms with Gasteiger partial charge in [-0.15, -0.1) is 0 Å². The van der Waals surface area contributed by atoms with Crippen molar-refractivity contribution in [2.75, 3.05) is 16.9 Å². The first-order valence-corrected chi connectivity index (χ1v) is 11.8. The maximum absolute atomic E-state index is 12.0. The first-order chi connectivity index (χ1) is 14.2. The highest BCUT2D eigenvalue weighted by Crippen LogP contribution is 2.27. The van der Waals surface area contributed by atoms with Gasteiger partial charge in [-0.3, -0.25) is 4.79 Å². The molecule has 1 fully saturated rings. The zero-order valence-electron chi connectivity index (χ0n) is 17.1. The van der Waals surface area contributed by atoms with Crippen LogP contribution in [0.5, 0.6) is 0 Å². The molecule has 1 saturated carbocycles. The molecule has 9 nitrogen and oxygen atoms in total. The molecule has 1 aliphatic carbocycles. The molecule has 1 heterocycles. The second kappa shape index (κ2) is 8.97. The highest BCUT2D eigenvalue weighted by molar-refractivity contribution is 7.90. The molecular weight excluding hydrogens is 406 g/mol. The van der Waals surface area contributed by atoms with Crippen LogP contribution in [0, 0.1) is 0 Å². The largest absolute Gasteiger partial charge is 0.393 e. The summed E-state index contributed by atoms with van der Waals surface area (Å²) in [4.78, 5) is 21.1. The van der Waals surface area contributed by atoms with Crippen molar-refractivity contribution in [1.82, 2.24) is 9.97 Å². The molecule has 0 aliphatic heterocycles. The molecule has 0 atom stereocenters. The van der Waals surface area contributed by atoms with Gasteiger partial charge in [-0.05, 0) is 50.3 Å². The van der Waals surface area contributed by atoms with E-state index in [1.165, 1.54) is 12.1 Å². The monoisotopic (exact) mass is 433 g/mol. The highest BCUT2D eigenvalue weighted by Gasteiger charge is 2.23. The summed E-state index contributed by atoms with van der Waals surface area (Å²) in [6.45, 7) is 1.91. The van der Waals surface area contributed by atoms with Crippen LogP contribution in [-0.4, -0.2) is 47.8 Å². The van der Waals surface area contributed by atoms with Gasteiger partial charge < -0.3 is 21.5 Å². The summed E-state index contributed by atoms with van der Waals surface area (Å²) in [6.07, 6.45) is 4.46. The number of sulfone groups is 1. The van der Waals surface area contributed by atoms with Crippen molar-refractivity contribution in [2.45, 2.75) is 56.1 Å². The number of nitrogens with two attached hydrogens (primary N) is 1. The lowest BCUT2D eigenvalue weighted by molar-refractivity contribution is 0.0996. The van der Waals surface area contributed by atoms with Crippen LogP contribution in [-0.2, 0) is 16.3 Å². The van der Waals surface area contributed by atoms with Crippen LogP contribution in [0.1, 0.15) is 48.8 Å². The number of carbonyl (C=O) groups excluding carboxylic acids is 1. The van der Waals surface area contributed by atoms with Crippen LogP contribution in [0.4, 0.5) is 17.3 Å². The van der Waals surface area contributed by atoms with Gasteiger partial charge in [0.15, 0.2) is 21.3 Å². The van der Waals surface area contributed by atoms with E-state index in [0.717, 1.165) is 31.9 Å². The standard InChI is InChI=1S/C20H27N5O4S/c1-3-16-19(22-12-7-9-14(26)10-8-12)25-20(17(24-16)18(21)27)23-13-5-4-6-15(11-13)30(2,28)29/h4-6,11-12,14,26H,3,7-10H2,1-2H3,(H2,21,27)(H2,22,23,25)/t12-,14-. The number of benzene rings is 1. The summed E-state index contributed by atoms with van der Waals surface area (Å²) < 4.78 is 23.7. The SMILES string of the molecule is CCc1nc(C(N)=O)c(Nc2cccc(S(C)(=O)=O)c2)nc1N[C@H]1CC[C@H](O)CC1. The number of amides is 1. The number of aryl methyl sites for hydroxylation is 1. The average Bonchev–Trinajstić information content (AvgIpc) is 2.69. The summed E-state index contributed by atoms with van der Waals surface area (Å²) in [5.74, 6) is -0.0272. The molecule has 3 rings (SSSR count). The van der Waals surface area contributed by atoms with Crippen LogP contribution < -0.4 is 16.4 Å². The van der Waals surface area contributed by atoms with Crippen LogP contribution in [0.15, 0.2) is 29.2 Å². The summed E-state index contributed by atoms with van der Waals surface area (Å²) in [5, 5.41) is 16.1. The van der Waals surface area contributed by atoms with Gasteiger partial charge >= 0.3 is 0 Å². The van der Waals surface area contributed by atoms with Crippen LogP contribution >= 0.6 is 0 Å². The maximum Gasteiger partial charge on any atom is 0.271 e. The van der Waals surface area contributed by atoms with E-state index in [0.29, 0.717) is 23.6 Å². The molecule has 0 radical (unpaired) electrons. The van der Waals surface area contributed by atoms with Crippen LogP contribution in [0.25, 0.3) is 0 Å². The molecule has 1 aromatic heterocycles. The third kappa shape index (κ3) is 5.25. The topological polar surface area (TPSA) is 147 Å². The zero-order chi connectivity index (χ0) is 21.9. The van der Waals surface area contributed by atoms with E-state index in [1.807, 2.05) is 6.92 Å². The predicted molar refractivity (Wildman–Crippen MR) is 115 cm³/mol. The molecule has 10 heteroatoms. The van der Waals surface area contributed by atoms with Crippen molar-refractivity contribution in [1.29, 1.82) is 0 Å². The fourth-order valence-corrected chi connectivity index (χ4v) is 4.11. The molecular formula is C20H27N5O4S. The quantitative estimate of drug-likeness (QED) is 0.518. The summed E-state index contributed by atoms with van der Waals surface area (Å²) in [7, 11) is -3.39. The minimum Gasteiger partial charge on any atom is -0.393 e. The van der Waals surface area contributed by atoms with E-state index in [2.05, 4.69) is 20.6 Å². The summed E-state index contributed by atoms with van der Waals surface area (Å²) >= 11 is 0. The van der Waals surface area contributed by atoms with Gasteiger partial charge in [0.2, 0.25) is 0 Å². The van der Waals surface area contributed by atoms with Crippen molar-refractivity contribution in [3.8, 4) is 0 Å². The lowest BCUT2D eigenvalue weighted by Gasteiger charge is -2.27. The Morgan fingerprint density at radius 2 is 1.90 bits per heavy atom. The minimum absolute atomic E-state index is 0.0128. The molecule has 1 amide bonds. The number of hydrogen-bond acceptors (Lipinski definition) is 8. The van der Waals surface area contributed by atoms with Gasteiger partial charge in [-0.25, -0.2) is 18.4 Å². The molecule has 1 aromatic carbocycles. The Morgan fingerprint density at radius 1 is 1.20 bits per heavy atom. The smallest absolute Gasteiger partial charge is 0.271 e. The van der Waals surface area contributed by atoms with Crippen molar-refractivity contribution >= 4 is 33.1 Å². The van der Waals surface area contributed by atoms with E-state index < -0.39 is 15.7 Å². The normalized spacial score (nSPS) is 19.3. The van der Waals surface area contributed by atoms with Gasteiger partial charge in [0, 0.05) is 18.0 Å². The Labute approximate surface area is 176 Å². The number of rotatable bonds is 7. The van der Waals surface area contributed by atoms with Crippen LogP contribution in [0.2, 0.25) is 0 Å². The molecule has 1 aliphatic rings. The average molecular weight is 434 g/mol. The summed E-state index contributed by atoms with van der Waals surface area (Å²) in [5.41, 5.74) is 6.57. The number of anilines is 3. The lowest BCUT2D eigenvalue weighted by atomic mass is 9.93. The van der Waals surface area contributed by atoms with E-state index in [9.17, 15) is 18.3 Å². The Balaban J connectivity index is 1.95. The zero-order valence-corrected chi connectivity index (χ0v) is 17.9. The second-order valence-electron chi connectivity index (χ2n) is 7.51. The van der Waals surface area contributed by atoms with Crippen LogP contribution in [0.3, 0.4) is 0 Å². The fourth-order valence-electron chi connectivity index (χ4n) is 3.45. The van der Waals surface area contributed by atoms with E-state index in [4.69, 9.17) is 5.73 Å². The van der Waals surface area contributed by atoms with Gasteiger partial charge in [0.05, 0.1) is 16.7 Å². The molecule has 2 aromatic rings. The van der Waals surface area contributed by atoms with Gasteiger partial charge in [-0.2, -0.15) is 0 Å². The molecule has 0 spiro atoms.